The van der Waals surface area contributed by atoms with Crippen LogP contribution in [0.25, 0.3) is 0 Å². The van der Waals surface area contributed by atoms with E-state index in [4.69, 9.17) is 4.74 Å². The van der Waals surface area contributed by atoms with Gasteiger partial charge in [0.2, 0.25) is 0 Å². The highest BCUT2D eigenvalue weighted by atomic mass is 16.5. The number of aliphatic hydroxyl groups excluding tert-OH is 1. The van der Waals surface area contributed by atoms with Crippen molar-refractivity contribution >= 4 is 5.69 Å². The molecule has 0 spiro atoms. The van der Waals surface area contributed by atoms with Gasteiger partial charge in [0, 0.05) is 38.1 Å². The van der Waals surface area contributed by atoms with Crippen molar-refractivity contribution in [3.05, 3.63) is 29.8 Å². The van der Waals surface area contributed by atoms with Crippen molar-refractivity contribution in [3.8, 4) is 0 Å². The topological polar surface area (TPSA) is 32.7 Å². The Labute approximate surface area is 103 Å². The molecule has 1 aromatic carbocycles. The van der Waals surface area contributed by atoms with Crippen LogP contribution in [0.3, 0.4) is 0 Å². The lowest BCUT2D eigenvalue weighted by molar-refractivity contribution is 0.0685. The Morgan fingerprint density at radius 1 is 1.29 bits per heavy atom. The fraction of sp³-hybridized carbons (Fsp3) is 0.571. The van der Waals surface area contributed by atoms with Gasteiger partial charge in [-0.15, -0.1) is 0 Å². The van der Waals surface area contributed by atoms with Crippen LogP contribution in [0.15, 0.2) is 24.3 Å². The van der Waals surface area contributed by atoms with Crippen molar-refractivity contribution in [1.82, 2.24) is 0 Å². The van der Waals surface area contributed by atoms with Crippen molar-refractivity contribution < 1.29 is 9.84 Å². The van der Waals surface area contributed by atoms with Gasteiger partial charge in [-0.1, -0.05) is 18.2 Å². The Kier molecular flexibility index (Phi) is 4.40. The molecular weight excluding hydrogens is 214 g/mol. The predicted octanol–water partition coefficient (Wildman–Crippen LogP) is 2.04. The second-order valence-corrected chi connectivity index (χ2v) is 4.72. The van der Waals surface area contributed by atoms with Crippen molar-refractivity contribution in [1.29, 1.82) is 0 Å². The number of aliphatic hydroxyl groups is 1. The summed E-state index contributed by atoms with van der Waals surface area (Å²) in [6.45, 7) is 2.93. The molecule has 1 fully saturated rings. The molecule has 3 nitrogen and oxygen atoms in total. The number of nitrogens with zero attached hydrogens (tertiary/aromatic N) is 1. The summed E-state index contributed by atoms with van der Waals surface area (Å²) in [5.41, 5.74) is 2.14. The largest absolute Gasteiger partial charge is 0.392 e. The molecule has 0 saturated carbocycles. The van der Waals surface area contributed by atoms with Crippen LogP contribution in [-0.4, -0.2) is 31.9 Å². The highest BCUT2D eigenvalue weighted by molar-refractivity contribution is 5.52. The van der Waals surface area contributed by atoms with Crippen molar-refractivity contribution in [2.75, 3.05) is 31.7 Å². The third kappa shape index (κ3) is 3.20. The minimum absolute atomic E-state index is 0.105. The second-order valence-electron chi connectivity index (χ2n) is 4.72. The number of para-hydroxylation sites is 1. The van der Waals surface area contributed by atoms with Crippen molar-refractivity contribution in [2.24, 2.45) is 5.92 Å². The maximum absolute atomic E-state index is 9.33. The van der Waals surface area contributed by atoms with Crippen LogP contribution in [-0.2, 0) is 11.3 Å². The first-order valence-electron chi connectivity index (χ1n) is 6.29. The Balaban J connectivity index is 2.00. The molecule has 17 heavy (non-hydrogen) atoms. The number of rotatable bonds is 4. The summed E-state index contributed by atoms with van der Waals surface area (Å²) in [5.74, 6) is 0.709. The van der Waals surface area contributed by atoms with E-state index in [0.29, 0.717) is 5.92 Å². The summed E-state index contributed by atoms with van der Waals surface area (Å²) in [4.78, 5) is 2.25. The predicted molar refractivity (Wildman–Crippen MR) is 69.2 cm³/mol. The fourth-order valence-corrected chi connectivity index (χ4v) is 2.43. The van der Waals surface area contributed by atoms with Gasteiger partial charge in [-0.3, -0.25) is 0 Å². The average molecular weight is 235 g/mol. The van der Waals surface area contributed by atoms with E-state index in [1.165, 1.54) is 0 Å². The standard InChI is InChI=1S/C14H21NO2/c1-15(10-12-6-8-17-9-7-12)14-5-3-2-4-13(14)11-16/h2-5,12,16H,6-11H2,1H3. The molecule has 0 aliphatic carbocycles. The van der Waals surface area contributed by atoms with Crippen LogP contribution in [0.4, 0.5) is 5.69 Å². The number of hydrogen-bond acceptors (Lipinski definition) is 3. The SMILES string of the molecule is CN(CC1CCOCC1)c1ccccc1CO. The van der Waals surface area contributed by atoms with Crippen LogP contribution >= 0.6 is 0 Å². The molecule has 0 unspecified atom stereocenters. The quantitative estimate of drug-likeness (QED) is 0.867. The highest BCUT2D eigenvalue weighted by Crippen LogP contribution is 2.23. The van der Waals surface area contributed by atoms with Gasteiger partial charge in [-0.25, -0.2) is 0 Å². The van der Waals surface area contributed by atoms with E-state index in [0.717, 1.165) is 43.9 Å². The Morgan fingerprint density at radius 3 is 2.71 bits per heavy atom. The Morgan fingerprint density at radius 2 is 2.00 bits per heavy atom. The summed E-state index contributed by atoms with van der Waals surface area (Å²) >= 11 is 0. The van der Waals surface area contributed by atoms with Gasteiger partial charge < -0.3 is 14.7 Å². The third-order valence-corrected chi connectivity index (χ3v) is 3.45. The molecule has 0 bridgehead atoms. The zero-order valence-corrected chi connectivity index (χ0v) is 10.4. The number of anilines is 1. The van der Waals surface area contributed by atoms with E-state index in [1.807, 2.05) is 18.2 Å². The van der Waals surface area contributed by atoms with Gasteiger partial charge >= 0.3 is 0 Å². The van der Waals surface area contributed by atoms with E-state index < -0.39 is 0 Å². The number of ether oxygens (including phenoxy) is 1. The summed E-state index contributed by atoms with van der Waals surface area (Å²) < 4.78 is 5.37. The molecule has 1 saturated heterocycles. The lowest BCUT2D eigenvalue weighted by atomic mass is 9.99. The zero-order valence-electron chi connectivity index (χ0n) is 10.4. The molecule has 1 aliphatic heterocycles. The van der Waals surface area contributed by atoms with Crippen LogP contribution in [0.2, 0.25) is 0 Å². The Bertz CT molecular complexity index is 348. The van der Waals surface area contributed by atoms with Crippen molar-refractivity contribution in [3.63, 3.8) is 0 Å². The molecule has 94 valence electrons. The van der Waals surface area contributed by atoms with E-state index >= 15 is 0 Å². The van der Waals surface area contributed by atoms with Gasteiger partial charge in [-0.2, -0.15) is 0 Å². The number of benzene rings is 1. The van der Waals surface area contributed by atoms with Gasteiger partial charge in [0.15, 0.2) is 0 Å². The van der Waals surface area contributed by atoms with Crippen LogP contribution in [0, 0.1) is 5.92 Å². The van der Waals surface area contributed by atoms with Crippen LogP contribution < -0.4 is 4.90 Å². The van der Waals surface area contributed by atoms with Gasteiger partial charge in [0.1, 0.15) is 0 Å². The van der Waals surface area contributed by atoms with E-state index in [9.17, 15) is 5.11 Å². The van der Waals surface area contributed by atoms with Crippen molar-refractivity contribution in [2.45, 2.75) is 19.4 Å². The zero-order chi connectivity index (χ0) is 12.1. The first kappa shape index (κ1) is 12.4. The summed E-state index contributed by atoms with van der Waals surface area (Å²) in [5, 5.41) is 9.33. The van der Waals surface area contributed by atoms with Crippen LogP contribution in [0.5, 0.6) is 0 Å². The maximum Gasteiger partial charge on any atom is 0.0702 e. The average Bonchev–Trinajstić information content (AvgIpc) is 2.40. The molecule has 0 radical (unpaired) electrons. The summed E-state index contributed by atoms with van der Waals surface area (Å²) in [6.07, 6.45) is 2.29. The summed E-state index contributed by atoms with van der Waals surface area (Å²) in [6, 6.07) is 8.05. The van der Waals surface area contributed by atoms with Gasteiger partial charge in [0.25, 0.3) is 0 Å². The fourth-order valence-electron chi connectivity index (χ4n) is 2.43. The van der Waals surface area contributed by atoms with E-state index in [1.54, 1.807) is 0 Å². The molecular formula is C14H21NO2. The molecule has 0 amide bonds. The first-order chi connectivity index (χ1) is 8.31. The molecule has 0 aromatic heterocycles. The summed E-state index contributed by atoms with van der Waals surface area (Å²) in [7, 11) is 2.10. The molecule has 1 heterocycles. The maximum atomic E-state index is 9.33. The van der Waals surface area contributed by atoms with Gasteiger partial charge in [0.05, 0.1) is 6.61 Å². The third-order valence-electron chi connectivity index (χ3n) is 3.45. The van der Waals surface area contributed by atoms with E-state index in [2.05, 4.69) is 18.0 Å². The monoisotopic (exact) mass is 235 g/mol. The highest BCUT2D eigenvalue weighted by Gasteiger charge is 2.16. The Hall–Kier alpha value is -1.06. The molecule has 1 N–H and O–H groups in total. The molecule has 2 rings (SSSR count). The smallest absolute Gasteiger partial charge is 0.0702 e. The van der Waals surface area contributed by atoms with Gasteiger partial charge in [-0.05, 0) is 24.8 Å². The molecule has 1 aliphatic rings. The van der Waals surface area contributed by atoms with E-state index in [-0.39, 0.29) is 6.61 Å². The normalized spacial score (nSPS) is 17.1. The number of hydrogen-bond donors (Lipinski definition) is 1. The first-order valence-corrected chi connectivity index (χ1v) is 6.29. The second kappa shape index (κ2) is 6.03. The lowest BCUT2D eigenvalue weighted by Gasteiger charge is -2.29. The minimum Gasteiger partial charge on any atom is -0.392 e. The minimum atomic E-state index is 0.105. The van der Waals surface area contributed by atoms with Crippen LogP contribution in [0.1, 0.15) is 18.4 Å². The molecule has 0 atom stereocenters. The molecule has 3 heteroatoms. The lowest BCUT2D eigenvalue weighted by Crippen LogP contribution is -2.30. The molecule has 1 aromatic rings.